The Kier molecular flexibility index (Phi) is 5.78. The number of nitrogens with one attached hydrogen (secondary N) is 3. The minimum atomic E-state index is -0.204. The third kappa shape index (κ3) is 4.56. The average molecular weight is 368 g/mol. The summed E-state index contributed by atoms with van der Waals surface area (Å²) in [6, 6.07) is 9.85. The molecule has 1 heterocycles. The SMILES string of the molecule is CNC(C)c1cccc(NC(=O)NCc2sccc2Br)c1. The normalized spacial score (nSPS) is 12.0. The number of hydrogen-bond donors (Lipinski definition) is 3. The molecule has 2 aromatic rings. The Balaban J connectivity index is 1.92. The summed E-state index contributed by atoms with van der Waals surface area (Å²) in [6.07, 6.45) is 0. The summed E-state index contributed by atoms with van der Waals surface area (Å²) in [4.78, 5) is 13.0. The molecule has 1 unspecified atom stereocenters. The van der Waals surface area contributed by atoms with Crippen LogP contribution >= 0.6 is 27.3 Å². The molecule has 0 aliphatic carbocycles. The molecule has 0 bridgehead atoms. The van der Waals surface area contributed by atoms with Crippen molar-refractivity contribution in [2.45, 2.75) is 19.5 Å². The van der Waals surface area contributed by atoms with Gasteiger partial charge in [-0.05, 0) is 59.0 Å². The van der Waals surface area contributed by atoms with Gasteiger partial charge in [-0.25, -0.2) is 4.79 Å². The van der Waals surface area contributed by atoms with E-state index in [-0.39, 0.29) is 12.1 Å². The Labute approximate surface area is 137 Å². The molecule has 1 aromatic heterocycles. The van der Waals surface area contributed by atoms with Crippen molar-refractivity contribution in [3.8, 4) is 0 Å². The monoisotopic (exact) mass is 367 g/mol. The Bertz CT molecular complexity index is 614. The van der Waals surface area contributed by atoms with Crippen LogP contribution < -0.4 is 16.0 Å². The highest BCUT2D eigenvalue weighted by molar-refractivity contribution is 9.10. The number of thiophene rings is 1. The van der Waals surface area contributed by atoms with Crippen LogP contribution in [0, 0.1) is 0 Å². The molecule has 0 spiro atoms. The Morgan fingerprint density at radius 2 is 2.19 bits per heavy atom. The fourth-order valence-corrected chi connectivity index (χ4v) is 3.27. The van der Waals surface area contributed by atoms with Crippen LogP contribution in [-0.2, 0) is 6.54 Å². The van der Waals surface area contributed by atoms with Gasteiger partial charge in [-0.3, -0.25) is 0 Å². The lowest BCUT2D eigenvalue weighted by molar-refractivity contribution is 0.252. The van der Waals surface area contributed by atoms with Gasteiger partial charge < -0.3 is 16.0 Å². The predicted octanol–water partition coefficient (Wildman–Crippen LogP) is 4.11. The maximum atomic E-state index is 11.9. The molecule has 0 aliphatic rings. The Morgan fingerprint density at radius 1 is 1.38 bits per heavy atom. The molecule has 3 N–H and O–H groups in total. The van der Waals surface area contributed by atoms with E-state index in [1.54, 1.807) is 11.3 Å². The largest absolute Gasteiger partial charge is 0.333 e. The minimum absolute atomic E-state index is 0.204. The fourth-order valence-electron chi connectivity index (χ4n) is 1.84. The molecule has 21 heavy (non-hydrogen) atoms. The van der Waals surface area contributed by atoms with Gasteiger partial charge in [0.25, 0.3) is 0 Å². The van der Waals surface area contributed by atoms with Crippen molar-refractivity contribution in [3.05, 3.63) is 50.6 Å². The number of halogens is 1. The summed E-state index contributed by atoms with van der Waals surface area (Å²) < 4.78 is 1.03. The minimum Gasteiger partial charge on any atom is -0.333 e. The van der Waals surface area contributed by atoms with E-state index in [0.29, 0.717) is 6.54 Å². The van der Waals surface area contributed by atoms with E-state index in [0.717, 1.165) is 20.6 Å². The first-order valence-corrected chi connectivity index (χ1v) is 8.31. The lowest BCUT2D eigenvalue weighted by Gasteiger charge is -2.13. The van der Waals surface area contributed by atoms with Crippen LogP contribution in [-0.4, -0.2) is 13.1 Å². The second kappa shape index (κ2) is 7.59. The number of urea groups is 1. The number of carbonyl (C=O) groups excluding carboxylic acids is 1. The molecule has 0 aliphatic heterocycles. The lowest BCUT2D eigenvalue weighted by Crippen LogP contribution is -2.28. The van der Waals surface area contributed by atoms with Gasteiger partial charge in [0.2, 0.25) is 0 Å². The molecule has 2 amide bonds. The predicted molar refractivity (Wildman–Crippen MR) is 91.8 cm³/mol. The van der Waals surface area contributed by atoms with Crippen molar-refractivity contribution < 1.29 is 4.79 Å². The van der Waals surface area contributed by atoms with Gasteiger partial charge in [-0.2, -0.15) is 0 Å². The molecule has 0 saturated heterocycles. The highest BCUT2D eigenvalue weighted by atomic mass is 79.9. The summed E-state index contributed by atoms with van der Waals surface area (Å²) in [5, 5.41) is 10.9. The number of rotatable bonds is 5. The second-order valence-electron chi connectivity index (χ2n) is 4.64. The number of anilines is 1. The quantitative estimate of drug-likeness (QED) is 0.744. The first-order valence-electron chi connectivity index (χ1n) is 6.64. The van der Waals surface area contributed by atoms with Crippen LogP contribution in [0.5, 0.6) is 0 Å². The van der Waals surface area contributed by atoms with Crippen molar-refractivity contribution >= 4 is 39.0 Å². The zero-order valence-electron chi connectivity index (χ0n) is 11.9. The molecule has 1 atom stereocenters. The molecule has 2 rings (SSSR count). The van der Waals surface area contributed by atoms with Crippen molar-refractivity contribution in [3.63, 3.8) is 0 Å². The summed E-state index contributed by atoms with van der Waals surface area (Å²) in [7, 11) is 1.91. The van der Waals surface area contributed by atoms with E-state index in [4.69, 9.17) is 0 Å². The molecule has 0 radical (unpaired) electrons. The van der Waals surface area contributed by atoms with Crippen LogP contribution in [0.15, 0.2) is 40.2 Å². The van der Waals surface area contributed by atoms with E-state index >= 15 is 0 Å². The fraction of sp³-hybridized carbons (Fsp3) is 0.267. The van der Waals surface area contributed by atoms with Crippen LogP contribution in [0.3, 0.4) is 0 Å². The van der Waals surface area contributed by atoms with E-state index in [2.05, 4.69) is 38.8 Å². The molecule has 0 fully saturated rings. The number of carbonyl (C=O) groups is 1. The Hall–Kier alpha value is -1.37. The third-order valence-electron chi connectivity index (χ3n) is 3.18. The molecule has 6 heteroatoms. The first-order chi connectivity index (χ1) is 10.1. The van der Waals surface area contributed by atoms with E-state index in [9.17, 15) is 4.79 Å². The molecular weight excluding hydrogens is 350 g/mol. The number of hydrogen-bond acceptors (Lipinski definition) is 3. The molecule has 0 saturated carbocycles. The summed E-state index contributed by atoms with van der Waals surface area (Å²) in [5.41, 5.74) is 1.92. The first kappa shape index (κ1) is 16.0. The molecule has 1 aromatic carbocycles. The summed E-state index contributed by atoms with van der Waals surface area (Å²) in [5.74, 6) is 0. The van der Waals surface area contributed by atoms with Crippen molar-refractivity contribution in [1.29, 1.82) is 0 Å². The van der Waals surface area contributed by atoms with Gasteiger partial charge in [-0.15, -0.1) is 11.3 Å². The second-order valence-corrected chi connectivity index (χ2v) is 6.49. The number of amides is 2. The molecule has 4 nitrogen and oxygen atoms in total. The molecule has 112 valence electrons. The highest BCUT2D eigenvalue weighted by Crippen LogP contribution is 2.22. The van der Waals surface area contributed by atoms with E-state index < -0.39 is 0 Å². The highest BCUT2D eigenvalue weighted by Gasteiger charge is 2.07. The van der Waals surface area contributed by atoms with Crippen LogP contribution in [0.1, 0.15) is 23.4 Å². The van der Waals surface area contributed by atoms with Gasteiger partial charge in [0.1, 0.15) is 0 Å². The summed E-state index contributed by atoms with van der Waals surface area (Å²) in [6.45, 7) is 2.59. The zero-order chi connectivity index (χ0) is 15.2. The van der Waals surface area contributed by atoms with Crippen molar-refractivity contribution in [2.75, 3.05) is 12.4 Å². The smallest absolute Gasteiger partial charge is 0.319 e. The standard InChI is InChI=1S/C15H18BrN3OS/c1-10(17-2)11-4-3-5-12(8-11)19-15(20)18-9-14-13(16)6-7-21-14/h3-8,10,17H,9H2,1-2H3,(H2,18,19,20). The average Bonchev–Trinajstić information content (AvgIpc) is 2.90. The lowest BCUT2D eigenvalue weighted by atomic mass is 10.1. The van der Waals surface area contributed by atoms with Gasteiger partial charge >= 0.3 is 6.03 Å². The number of benzene rings is 1. The zero-order valence-corrected chi connectivity index (χ0v) is 14.3. The maximum absolute atomic E-state index is 11.9. The summed E-state index contributed by atoms with van der Waals surface area (Å²) >= 11 is 5.06. The van der Waals surface area contributed by atoms with E-state index in [1.807, 2.05) is 42.8 Å². The van der Waals surface area contributed by atoms with Crippen molar-refractivity contribution in [1.82, 2.24) is 10.6 Å². The van der Waals surface area contributed by atoms with Gasteiger partial charge in [0.15, 0.2) is 0 Å². The topological polar surface area (TPSA) is 53.2 Å². The van der Waals surface area contributed by atoms with Crippen LogP contribution in [0.2, 0.25) is 0 Å². The van der Waals surface area contributed by atoms with E-state index in [1.165, 1.54) is 0 Å². The molecular formula is C15H18BrN3OS. The Morgan fingerprint density at radius 3 is 2.86 bits per heavy atom. The maximum Gasteiger partial charge on any atom is 0.319 e. The van der Waals surface area contributed by atoms with Gasteiger partial charge in [0.05, 0.1) is 6.54 Å². The van der Waals surface area contributed by atoms with Crippen LogP contribution in [0.25, 0.3) is 0 Å². The van der Waals surface area contributed by atoms with Crippen molar-refractivity contribution in [2.24, 2.45) is 0 Å². The van der Waals surface area contributed by atoms with Gasteiger partial charge in [0, 0.05) is 21.1 Å². The van der Waals surface area contributed by atoms with Crippen LogP contribution in [0.4, 0.5) is 10.5 Å². The van der Waals surface area contributed by atoms with Gasteiger partial charge in [-0.1, -0.05) is 12.1 Å². The third-order valence-corrected chi connectivity index (χ3v) is 5.10.